The molecule has 0 saturated carbocycles. The molecule has 0 bridgehead atoms. The molecule has 0 aliphatic heterocycles. The Morgan fingerprint density at radius 1 is 1.18 bits per heavy atom. The minimum atomic E-state index is -0.458. The van der Waals surface area contributed by atoms with E-state index in [0.717, 1.165) is 4.47 Å². The van der Waals surface area contributed by atoms with Crippen molar-refractivity contribution in [3.63, 3.8) is 0 Å². The van der Waals surface area contributed by atoms with E-state index in [9.17, 15) is 4.79 Å². The van der Waals surface area contributed by atoms with E-state index in [-0.39, 0.29) is 0 Å². The Labute approximate surface area is 107 Å². The molecule has 0 radical (unpaired) electrons. The van der Waals surface area contributed by atoms with Crippen LogP contribution in [0.2, 0.25) is 0 Å². The first-order valence-electron chi connectivity index (χ1n) is 4.83. The molecule has 0 aliphatic rings. The fourth-order valence-corrected chi connectivity index (χ4v) is 1.62. The van der Waals surface area contributed by atoms with Gasteiger partial charge in [-0.2, -0.15) is 0 Å². The quantitative estimate of drug-likeness (QED) is 0.946. The number of amides is 1. The van der Waals surface area contributed by atoms with Crippen molar-refractivity contribution in [2.45, 2.75) is 0 Å². The summed E-state index contributed by atoms with van der Waals surface area (Å²) in [5.41, 5.74) is 5.59. The third kappa shape index (κ3) is 3.04. The van der Waals surface area contributed by atoms with Gasteiger partial charge in [0.05, 0.1) is 6.20 Å². The Bertz CT molecular complexity index is 540. The fourth-order valence-electron chi connectivity index (χ4n) is 1.27. The lowest BCUT2D eigenvalue weighted by Crippen LogP contribution is -2.10. The average molecular weight is 293 g/mol. The molecule has 1 aromatic heterocycles. The summed E-state index contributed by atoms with van der Waals surface area (Å²) in [6.45, 7) is 0. The monoisotopic (exact) mass is 292 g/mol. The summed E-state index contributed by atoms with van der Waals surface area (Å²) in [6.07, 6.45) is 3.27. The van der Waals surface area contributed by atoms with Crippen molar-refractivity contribution in [1.82, 2.24) is 4.98 Å². The molecule has 0 fully saturated rings. The zero-order chi connectivity index (χ0) is 12.3. The molecule has 0 aliphatic carbocycles. The Morgan fingerprint density at radius 3 is 2.47 bits per heavy atom. The topological polar surface area (TPSA) is 65.2 Å². The summed E-state index contributed by atoms with van der Waals surface area (Å²) < 4.78 is 6.39. The van der Waals surface area contributed by atoms with Crippen LogP contribution in [0.4, 0.5) is 0 Å². The van der Waals surface area contributed by atoms with E-state index in [4.69, 9.17) is 10.5 Å². The Balaban J connectivity index is 2.16. The van der Waals surface area contributed by atoms with E-state index in [1.807, 2.05) is 0 Å². The number of primary amides is 1. The minimum Gasteiger partial charge on any atom is -0.456 e. The molecule has 4 nitrogen and oxygen atoms in total. The number of halogens is 1. The Morgan fingerprint density at radius 2 is 1.88 bits per heavy atom. The molecule has 0 saturated heterocycles. The number of carbonyl (C=O) groups is 1. The first kappa shape index (κ1) is 11.6. The summed E-state index contributed by atoms with van der Waals surface area (Å²) in [5, 5.41) is 0. The number of carbonyl (C=O) groups excluding carboxylic acids is 1. The third-order valence-corrected chi connectivity index (χ3v) is 2.49. The molecule has 5 heteroatoms. The van der Waals surface area contributed by atoms with Crippen LogP contribution in [0, 0.1) is 0 Å². The van der Waals surface area contributed by atoms with Gasteiger partial charge in [0.1, 0.15) is 11.5 Å². The first-order valence-corrected chi connectivity index (χ1v) is 5.63. The van der Waals surface area contributed by atoms with Gasteiger partial charge in [-0.1, -0.05) is 0 Å². The van der Waals surface area contributed by atoms with E-state index >= 15 is 0 Å². The van der Waals surface area contributed by atoms with Gasteiger partial charge in [-0.25, -0.2) is 0 Å². The van der Waals surface area contributed by atoms with E-state index in [2.05, 4.69) is 20.9 Å². The van der Waals surface area contributed by atoms with E-state index in [1.54, 1.807) is 42.7 Å². The van der Waals surface area contributed by atoms with Crippen LogP contribution in [0.15, 0.2) is 47.2 Å². The minimum absolute atomic E-state index is 0.449. The molecule has 0 spiro atoms. The molecule has 2 N–H and O–H groups in total. The molecule has 2 aromatic rings. The fraction of sp³-hybridized carbons (Fsp3) is 0. The zero-order valence-corrected chi connectivity index (χ0v) is 10.3. The largest absolute Gasteiger partial charge is 0.456 e. The van der Waals surface area contributed by atoms with Crippen LogP contribution >= 0.6 is 15.9 Å². The number of pyridine rings is 1. The van der Waals surface area contributed by atoms with Crippen molar-refractivity contribution in [3.05, 3.63) is 52.8 Å². The maximum Gasteiger partial charge on any atom is 0.248 e. The Hall–Kier alpha value is -1.88. The molecule has 1 amide bonds. The third-order valence-electron chi connectivity index (χ3n) is 2.05. The molecule has 0 atom stereocenters. The number of hydrogen-bond donors (Lipinski definition) is 1. The number of benzene rings is 1. The predicted molar refractivity (Wildman–Crippen MR) is 67.0 cm³/mol. The van der Waals surface area contributed by atoms with E-state index in [0.29, 0.717) is 17.1 Å². The van der Waals surface area contributed by atoms with E-state index in [1.165, 1.54) is 0 Å². The number of hydrogen-bond acceptors (Lipinski definition) is 3. The normalized spacial score (nSPS) is 9.94. The highest BCUT2D eigenvalue weighted by Crippen LogP contribution is 2.23. The summed E-state index contributed by atoms with van der Waals surface area (Å²) in [7, 11) is 0. The van der Waals surface area contributed by atoms with Gasteiger partial charge in [0.2, 0.25) is 5.91 Å². The maximum atomic E-state index is 10.9. The van der Waals surface area contributed by atoms with Gasteiger partial charge in [-0.05, 0) is 46.3 Å². The highest BCUT2D eigenvalue weighted by atomic mass is 79.9. The smallest absolute Gasteiger partial charge is 0.248 e. The number of nitrogens with two attached hydrogens (primary N) is 1. The second kappa shape index (κ2) is 4.97. The lowest BCUT2D eigenvalue weighted by molar-refractivity contribution is 0.100. The molecular weight excluding hydrogens is 284 g/mol. The second-order valence-electron chi connectivity index (χ2n) is 3.33. The van der Waals surface area contributed by atoms with Crippen molar-refractivity contribution in [2.24, 2.45) is 5.73 Å². The number of nitrogens with zero attached hydrogens (tertiary/aromatic N) is 1. The molecule has 86 valence electrons. The molecule has 0 unspecified atom stereocenters. The van der Waals surface area contributed by atoms with Crippen molar-refractivity contribution in [1.29, 1.82) is 0 Å². The van der Waals surface area contributed by atoms with Crippen molar-refractivity contribution < 1.29 is 9.53 Å². The summed E-state index contributed by atoms with van der Waals surface area (Å²) in [6, 6.07) is 8.39. The highest BCUT2D eigenvalue weighted by Gasteiger charge is 2.02. The summed E-state index contributed by atoms with van der Waals surface area (Å²) >= 11 is 3.30. The summed E-state index contributed by atoms with van der Waals surface area (Å²) in [4.78, 5) is 14.9. The zero-order valence-electron chi connectivity index (χ0n) is 8.76. The number of aromatic nitrogens is 1. The average Bonchev–Trinajstić information content (AvgIpc) is 2.29. The van der Waals surface area contributed by atoms with Gasteiger partial charge < -0.3 is 10.5 Å². The summed E-state index contributed by atoms with van der Waals surface area (Å²) in [5.74, 6) is 0.779. The van der Waals surface area contributed by atoms with Crippen molar-refractivity contribution in [3.8, 4) is 11.5 Å². The van der Waals surface area contributed by atoms with Crippen LogP contribution in [0.5, 0.6) is 11.5 Å². The first-order chi connectivity index (χ1) is 8.15. The van der Waals surface area contributed by atoms with Gasteiger partial charge in [0.25, 0.3) is 0 Å². The predicted octanol–water partition coefficient (Wildman–Crippen LogP) is 2.74. The Kier molecular flexibility index (Phi) is 3.39. The van der Waals surface area contributed by atoms with Crippen LogP contribution < -0.4 is 10.5 Å². The molecule has 17 heavy (non-hydrogen) atoms. The maximum absolute atomic E-state index is 10.9. The number of ether oxygens (including phenoxy) is 1. The van der Waals surface area contributed by atoms with Gasteiger partial charge in [0, 0.05) is 16.2 Å². The lowest BCUT2D eigenvalue weighted by atomic mass is 10.2. The molecule has 1 heterocycles. The van der Waals surface area contributed by atoms with Gasteiger partial charge in [-0.15, -0.1) is 0 Å². The van der Waals surface area contributed by atoms with Crippen LogP contribution in [0.25, 0.3) is 0 Å². The van der Waals surface area contributed by atoms with Gasteiger partial charge >= 0.3 is 0 Å². The number of rotatable bonds is 3. The van der Waals surface area contributed by atoms with Gasteiger partial charge in [-0.3, -0.25) is 9.78 Å². The van der Waals surface area contributed by atoms with Crippen LogP contribution in [0.1, 0.15) is 10.4 Å². The standard InChI is InChI=1S/C12H9BrN2O2/c13-9-5-11(7-15-6-9)17-10-3-1-8(2-4-10)12(14)16/h1-7H,(H2,14,16). The van der Waals surface area contributed by atoms with Gasteiger partial charge in [0.15, 0.2) is 0 Å². The lowest BCUT2D eigenvalue weighted by Gasteiger charge is -2.05. The van der Waals surface area contributed by atoms with Crippen LogP contribution in [-0.2, 0) is 0 Å². The molecule has 2 rings (SSSR count). The van der Waals surface area contributed by atoms with Crippen molar-refractivity contribution in [2.75, 3.05) is 0 Å². The molecule has 1 aromatic carbocycles. The highest BCUT2D eigenvalue weighted by molar-refractivity contribution is 9.10. The van der Waals surface area contributed by atoms with Crippen LogP contribution in [0.3, 0.4) is 0 Å². The second-order valence-corrected chi connectivity index (χ2v) is 4.25. The van der Waals surface area contributed by atoms with Crippen molar-refractivity contribution >= 4 is 21.8 Å². The van der Waals surface area contributed by atoms with Crippen LogP contribution in [-0.4, -0.2) is 10.9 Å². The SMILES string of the molecule is NC(=O)c1ccc(Oc2cncc(Br)c2)cc1. The van der Waals surface area contributed by atoms with E-state index < -0.39 is 5.91 Å². The molecular formula is C12H9BrN2O2.